The molecular formula is C58H74Cl3F3N10O8. The van der Waals surface area contributed by atoms with E-state index in [1.165, 1.54) is 23.1 Å². The summed E-state index contributed by atoms with van der Waals surface area (Å²) in [4.78, 5) is 93.3. The van der Waals surface area contributed by atoms with Crippen molar-refractivity contribution in [3.8, 4) is 0 Å². The Morgan fingerprint density at radius 1 is 0.841 bits per heavy atom. The minimum Gasteiger partial charge on any atom is -0.381 e. The molecule has 24 heteroatoms. The fourth-order valence-electron chi connectivity index (χ4n) is 11.5. The van der Waals surface area contributed by atoms with E-state index in [0.717, 1.165) is 42.4 Å². The quantitative estimate of drug-likeness (QED) is 0.0804. The van der Waals surface area contributed by atoms with Crippen LogP contribution in [0.1, 0.15) is 74.4 Å². The third-order valence-electron chi connectivity index (χ3n) is 16.2. The summed E-state index contributed by atoms with van der Waals surface area (Å²) in [6.07, 6.45) is 1.35. The standard InChI is InChI=1S/C58H71F3N10O8.3ClH/c1-34-28-69(43(26-63-34)30-68-19-22-79-32-35(68)2)31-50(73)71-33-58(4,45-16-11-38(24-48(45)71)23-37-9-13-41(59)14-10-37)57(77)64-27-49(72)65-42-15-12-40-29-70(53(44(40)25-42)55(75)67-52-46(60)7-6-8-47(52)61)56(76)51(39-17-20-78-21-18-39)66-54(74)36(3)62-5;;;/h6-16,24-25,34-36,39,43,51,53,62-63H,17-23,26-33H2,1-5H3,(H,64,77)(H,65,72)(H,66,74)(H,67,75);3*1H/t34-,35-,36?,43-,51?,53+,58+;;;/m1.../s1. The van der Waals surface area contributed by atoms with Gasteiger partial charge >= 0.3 is 0 Å². The van der Waals surface area contributed by atoms with Crippen LogP contribution in [-0.2, 0) is 56.6 Å². The van der Waals surface area contributed by atoms with E-state index < -0.39 is 76.9 Å². The number of nitrogens with one attached hydrogen (secondary N) is 6. The van der Waals surface area contributed by atoms with Gasteiger partial charge in [0, 0.05) is 82.0 Å². The van der Waals surface area contributed by atoms with Crippen molar-refractivity contribution < 1.29 is 51.4 Å². The number of anilines is 3. The number of para-hydroxylation sites is 1. The number of ether oxygens (including phenoxy) is 2. The van der Waals surface area contributed by atoms with Gasteiger partial charge in [0.15, 0.2) is 0 Å². The molecule has 4 aromatic rings. The highest BCUT2D eigenvalue weighted by atomic mass is 35.5. The van der Waals surface area contributed by atoms with E-state index in [4.69, 9.17) is 9.47 Å². The first-order valence-corrected chi connectivity index (χ1v) is 27.2. The van der Waals surface area contributed by atoms with Crippen LogP contribution >= 0.6 is 37.2 Å². The highest BCUT2D eigenvalue weighted by Crippen LogP contribution is 2.43. The van der Waals surface area contributed by atoms with Crippen molar-refractivity contribution in [2.75, 3.05) is 94.8 Å². The second-order valence-electron chi connectivity index (χ2n) is 21.8. The Morgan fingerprint density at radius 3 is 2.24 bits per heavy atom. The monoisotopic (exact) mass is 1200 g/mol. The maximum absolute atomic E-state index is 15.0. The lowest BCUT2D eigenvalue weighted by molar-refractivity contribution is -0.144. The summed E-state index contributed by atoms with van der Waals surface area (Å²) < 4.78 is 55.2. The molecule has 6 amide bonds. The Labute approximate surface area is 494 Å². The number of piperazine rings is 1. The number of fused-ring (bicyclic) bond motifs is 2. The van der Waals surface area contributed by atoms with Gasteiger partial charge in [0.05, 0.1) is 37.8 Å². The van der Waals surface area contributed by atoms with Crippen molar-refractivity contribution in [3.05, 3.63) is 124 Å². The summed E-state index contributed by atoms with van der Waals surface area (Å²) in [6, 6.07) is 16.9. The highest BCUT2D eigenvalue weighted by Gasteiger charge is 2.48. The zero-order valence-electron chi connectivity index (χ0n) is 46.6. The number of morpholine rings is 1. The minimum absolute atomic E-state index is 0. The third kappa shape index (κ3) is 14.7. The Balaban J connectivity index is 0.00000360. The number of likely N-dealkylation sites (N-methyl/N-ethyl adjacent to an activating group) is 1. The largest absolute Gasteiger partial charge is 0.381 e. The van der Waals surface area contributed by atoms with E-state index in [-0.39, 0.29) is 104 Å². The molecule has 0 radical (unpaired) electrons. The van der Waals surface area contributed by atoms with Crippen molar-refractivity contribution in [1.29, 1.82) is 0 Å². The molecule has 7 atom stereocenters. The summed E-state index contributed by atoms with van der Waals surface area (Å²) in [7, 11) is 1.61. The average Bonchev–Trinajstić information content (AvgIpc) is 4.13. The molecule has 0 aromatic heterocycles. The second-order valence-corrected chi connectivity index (χ2v) is 21.8. The molecule has 446 valence electrons. The summed E-state index contributed by atoms with van der Waals surface area (Å²) in [5.74, 6) is -6.05. The first-order chi connectivity index (χ1) is 37.9. The van der Waals surface area contributed by atoms with Crippen LogP contribution in [0.3, 0.4) is 0 Å². The number of carbonyl (C=O) groups excluding carboxylic acids is 6. The summed E-state index contributed by atoms with van der Waals surface area (Å²) >= 11 is 0. The van der Waals surface area contributed by atoms with E-state index in [0.29, 0.717) is 75.6 Å². The average molecular weight is 1200 g/mol. The van der Waals surface area contributed by atoms with Gasteiger partial charge in [0.1, 0.15) is 35.2 Å². The van der Waals surface area contributed by atoms with Crippen LogP contribution in [-0.4, -0.2) is 160 Å². The van der Waals surface area contributed by atoms with Crippen LogP contribution in [0.25, 0.3) is 0 Å². The Morgan fingerprint density at radius 2 is 1.55 bits per heavy atom. The molecule has 0 aliphatic carbocycles. The van der Waals surface area contributed by atoms with Gasteiger partial charge in [0.2, 0.25) is 29.5 Å². The maximum Gasteiger partial charge on any atom is 0.252 e. The Bertz CT molecular complexity index is 2930. The molecule has 5 heterocycles. The number of hydrogen-bond acceptors (Lipinski definition) is 12. The molecule has 5 aliphatic heterocycles. The number of halogens is 6. The lowest BCUT2D eigenvalue weighted by Crippen LogP contribution is -2.62. The smallest absolute Gasteiger partial charge is 0.252 e. The molecule has 5 aliphatic rings. The van der Waals surface area contributed by atoms with Crippen LogP contribution in [0.2, 0.25) is 0 Å². The molecule has 18 nitrogen and oxygen atoms in total. The van der Waals surface area contributed by atoms with Gasteiger partial charge in [-0.15, -0.1) is 37.2 Å². The third-order valence-corrected chi connectivity index (χ3v) is 16.2. The Hall–Kier alpha value is -5.88. The number of carbonyl (C=O) groups is 6. The molecular weight excluding hydrogens is 1130 g/mol. The second kappa shape index (κ2) is 28.6. The molecule has 3 saturated heterocycles. The minimum atomic E-state index is -1.46. The van der Waals surface area contributed by atoms with E-state index >= 15 is 8.78 Å². The van der Waals surface area contributed by atoms with Gasteiger partial charge in [-0.05, 0) is 130 Å². The molecule has 0 spiro atoms. The first kappa shape index (κ1) is 65.3. The number of amides is 6. The topological polar surface area (TPSA) is 206 Å². The van der Waals surface area contributed by atoms with Crippen molar-refractivity contribution in [3.63, 3.8) is 0 Å². The fraction of sp³-hybridized carbons (Fsp3) is 0.483. The molecule has 9 rings (SSSR count). The van der Waals surface area contributed by atoms with Gasteiger partial charge < -0.3 is 51.2 Å². The van der Waals surface area contributed by atoms with Gasteiger partial charge in [-0.3, -0.25) is 38.6 Å². The van der Waals surface area contributed by atoms with Crippen molar-refractivity contribution in [2.45, 2.75) is 95.2 Å². The maximum atomic E-state index is 15.0. The number of nitrogens with zero attached hydrogens (tertiary/aromatic N) is 4. The van der Waals surface area contributed by atoms with Gasteiger partial charge in [-0.2, -0.15) is 0 Å². The predicted octanol–water partition coefficient (Wildman–Crippen LogP) is 5.24. The van der Waals surface area contributed by atoms with Gasteiger partial charge in [0.25, 0.3) is 5.91 Å². The molecule has 4 aromatic carbocycles. The van der Waals surface area contributed by atoms with Crippen molar-refractivity contribution >= 4 is 89.7 Å². The van der Waals surface area contributed by atoms with Gasteiger partial charge in [-0.1, -0.05) is 36.4 Å². The predicted molar refractivity (Wildman–Crippen MR) is 312 cm³/mol. The van der Waals surface area contributed by atoms with Crippen LogP contribution in [0.5, 0.6) is 0 Å². The van der Waals surface area contributed by atoms with Crippen LogP contribution in [0.4, 0.5) is 30.2 Å². The summed E-state index contributed by atoms with van der Waals surface area (Å²) in [5.41, 5.74) is 1.86. The van der Waals surface area contributed by atoms with Crippen LogP contribution in [0.15, 0.2) is 78.9 Å². The molecule has 2 unspecified atom stereocenters. The zero-order valence-corrected chi connectivity index (χ0v) is 49.0. The number of benzene rings is 4. The van der Waals surface area contributed by atoms with Crippen molar-refractivity contribution in [2.24, 2.45) is 5.92 Å². The fourth-order valence-corrected chi connectivity index (χ4v) is 11.5. The van der Waals surface area contributed by atoms with E-state index in [1.807, 2.05) is 18.2 Å². The molecule has 82 heavy (non-hydrogen) atoms. The summed E-state index contributed by atoms with van der Waals surface area (Å²) in [6.45, 7) is 12.0. The highest BCUT2D eigenvalue weighted by molar-refractivity contribution is 6.05. The van der Waals surface area contributed by atoms with E-state index in [1.54, 1.807) is 50.1 Å². The number of rotatable bonds is 17. The zero-order chi connectivity index (χ0) is 56.1. The van der Waals surface area contributed by atoms with Crippen LogP contribution in [0, 0.1) is 23.4 Å². The molecule has 6 N–H and O–H groups in total. The lowest BCUT2D eigenvalue weighted by atomic mass is 9.83. The molecule has 0 saturated carbocycles. The normalized spacial score (nSPS) is 22.4. The first-order valence-electron chi connectivity index (χ1n) is 27.2. The SMILES string of the molecule is CNC(C)C(=O)NC(C(=O)N1Cc2ccc(NC(=O)CNC(=O)[C@@]3(C)CN(C(=O)CN4C[C@@H](C)NC[C@@H]4CN4CCOC[C@H]4C)c4cc(Cc5ccc(F)cc5)ccc43)cc2[C@H]1C(=O)Nc1c(F)cccc1F)C1CCOCC1.Cl.Cl.Cl. The molecule has 3 fully saturated rings. The van der Waals surface area contributed by atoms with Crippen LogP contribution < -0.4 is 36.8 Å². The van der Waals surface area contributed by atoms with E-state index in [9.17, 15) is 33.2 Å². The van der Waals surface area contributed by atoms with E-state index in [2.05, 4.69) is 55.5 Å². The number of hydrogen-bond donors (Lipinski definition) is 6. The Kier molecular flexibility index (Phi) is 22.8. The van der Waals surface area contributed by atoms with Crippen molar-refractivity contribution in [1.82, 2.24) is 36.0 Å². The molecule has 0 bridgehead atoms. The van der Waals surface area contributed by atoms with Gasteiger partial charge in [-0.25, -0.2) is 13.2 Å². The summed E-state index contributed by atoms with van der Waals surface area (Å²) in [5, 5.41) is 17.3. The lowest BCUT2D eigenvalue weighted by Gasteiger charge is -2.43.